The highest BCUT2D eigenvalue weighted by Crippen LogP contribution is 2.35. The summed E-state index contributed by atoms with van der Waals surface area (Å²) in [5.41, 5.74) is 1.32. The number of rotatable bonds is 6. The number of para-hydroxylation sites is 1. The van der Waals surface area contributed by atoms with Crippen molar-refractivity contribution in [2.24, 2.45) is 0 Å². The first-order valence-electron chi connectivity index (χ1n) is 9.54. The van der Waals surface area contributed by atoms with Gasteiger partial charge in [-0.05, 0) is 18.6 Å². The van der Waals surface area contributed by atoms with Gasteiger partial charge in [0.25, 0.3) is 0 Å². The molecule has 2 aliphatic heterocycles. The maximum Gasteiger partial charge on any atom is 0.322 e. The van der Waals surface area contributed by atoms with Crippen molar-refractivity contribution >= 4 is 17.6 Å². The van der Waals surface area contributed by atoms with E-state index >= 15 is 0 Å². The van der Waals surface area contributed by atoms with Crippen molar-refractivity contribution in [1.29, 1.82) is 0 Å². The fourth-order valence-corrected chi connectivity index (χ4v) is 3.60. The van der Waals surface area contributed by atoms with Crippen LogP contribution >= 0.6 is 0 Å². The molecule has 10 nitrogen and oxygen atoms in total. The Labute approximate surface area is 168 Å². The van der Waals surface area contributed by atoms with Gasteiger partial charge in [0.15, 0.2) is 11.5 Å². The molecule has 0 saturated carbocycles. The Balaban J connectivity index is 1.32. The van der Waals surface area contributed by atoms with Gasteiger partial charge in [-0.1, -0.05) is 11.3 Å². The molecule has 154 valence electrons. The van der Waals surface area contributed by atoms with E-state index in [4.69, 9.17) is 9.47 Å². The predicted octanol–water partition coefficient (Wildman–Crippen LogP) is 1.51. The molecule has 2 aliphatic rings. The molecule has 0 radical (unpaired) electrons. The second-order valence-corrected chi connectivity index (χ2v) is 7.14. The van der Waals surface area contributed by atoms with Crippen molar-refractivity contribution in [3.05, 3.63) is 30.1 Å². The summed E-state index contributed by atoms with van der Waals surface area (Å²) >= 11 is 0. The van der Waals surface area contributed by atoms with Crippen molar-refractivity contribution in [1.82, 2.24) is 24.8 Å². The summed E-state index contributed by atoms with van der Waals surface area (Å²) in [5, 5.41) is 11.2. The number of carbonyl (C=O) groups excluding carboxylic acids is 2. The van der Waals surface area contributed by atoms with Crippen LogP contribution in [0.3, 0.4) is 0 Å². The summed E-state index contributed by atoms with van der Waals surface area (Å²) in [6.45, 7) is 2.33. The molecule has 0 bridgehead atoms. The Hall–Kier alpha value is -3.30. The molecule has 1 aromatic carbocycles. The fraction of sp³-hybridized carbons (Fsp3) is 0.474. The second-order valence-electron chi connectivity index (χ2n) is 7.14. The number of methoxy groups -OCH3 is 2. The maximum absolute atomic E-state index is 12.5. The Morgan fingerprint density at radius 1 is 1.28 bits per heavy atom. The van der Waals surface area contributed by atoms with E-state index in [-0.39, 0.29) is 18.0 Å². The number of urea groups is 1. The minimum absolute atomic E-state index is 0.0727. The number of aromatic nitrogens is 3. The standard InChI is InChI=1S/C19H24N6O4/c1-28-16-6-3-5-15(18(16)29-2)20-19(27)24-11-14(12-24)25-10-13(21-22-25)9-23-8-4-7-17(23)26/h3,5-6,10,14H,4,7-9,11-12H2,1-2H3,(H,20,27). The SMILES string of the molecule is COc1cccc(NC(=O)N2CC(n3cc(CN4CCCC4=O)nn3)C2)c1OC. The number of nitrogens with one attached hydrogen (secondary N) is 1. The zero-order valence-electron chi connectivity index (χ0n) is 16.5. The molecule has 2 aromatic rings. The highest BCUT2D eigenvalue weighted by Gasteiger charge is 2.33. The van der Waals surface area contributed by atoms with Gasteiger partial charge in [-0.3, -0.25) is 4.79 Å². The van der Waals surface area contributed by atoms with Crippen LogP contribution in [0, 0.1) is 0 Å². The van der Waals surface area contributed by atoms with E-state index in [1.165, 1.54) is 7.11 Å². The summed E-state index contributed by atoms with van der Waals surface area (Å²) in [7, 11) is 3.08. The van der Waals surface area contributed by atoms with Gasteiger partial charge in [0.2, 0.25) is 5.91 Å². The lowest BCUT2D eigenvalue weighted by Crippen LogP contribution is -2.52. The minimum atomic E-state index is -0.212. The quantitative estimate of drug-likeness (QED) is 0.789. The number of nitrogens with zero attached hydrogens (tertiary/aromatic N) is 5. The zero-order valence-corrected chi connectivity index (χ0v) is 16.5. The first-order valence-corrected chi connectivity index (χ1v) is 9.54. The van der Waals surface area contributed by atoms with Crippen molar-refractivity contribution < 1.29 is 19.1 Å². The largest absolute Gasteiger partial charge is 0.493 e. The molecule has 3 amide bonds. The Morgan fingerprint density at radius 3 is 2.79 bits per heavy atom. The molecule has 3 heterocycles. The summed E-state index contributed by atoms with van der Waals surface area (Å²) in [6, 6.07) is 5.18. The van der Waals surface area contributed by atoms with E-state index in [2.05, 4.69) is 15.6 Å². The first kappa shape index (κ1) is 19.0. The molecular formula is C19H24N6O4. The number of hydrogen-bond acceptors (Lipinski definition) is 6. The van der Waals surface area contributed by atoms with Crippen molar-refractivity contribution in [3.63, 3.8) is 0 Å². The number of hydrogen-bond donors (Lipinski definition) is 1. The summed E-state index contributed by atoms with van der Waals surface area (Å²) in [6.07, 6.45) is 3.37. The van der Waals surface area contributed by atoms with Gasteiger partial charge in [0.1, 0.15) is 5.69 Å². The van der Waals surface area contributed by atoms with Crippen LogP contribution in [0.2, 0.25) is 0 Å². The van der Waals surface area contributed by atoms with Crippen LogP contribution in [-0.4, -0.2) is 70.6 Å². The van der Waals surface area contributed by atoms with E-state index in [9.17, 15) is 9.59 Å². The van der Waals surface area contributed by atoms with Crippen LogP contribution in [-0.2, 0) is 11.3 Å². The highest BCUT2D eigenvalue weighted by atomic mass is 16.5. The van der Waals surface area contributed by atoms with Crippen LogP contribution in [0.5, 0.6) is 11.5 Å². The molecule has 10 heteroatoms. The van der Waals surface area contributed by atoms with Gasteiger partial charge in [-0.2, -0.15) is 0 Å². The number of anilines is 1. The lowest BCUT2D eigenvalue weighted by molar-refractivity contribution is -0.128. The third kappa shape index (κ3) is 3.82. The lowest BCUT2D eigenvalue weighted by atomic mass is 10.1. The fourth-order valence-electron chi connectivity index (χ4n) is 3.60. The Morgan fingerprint density at radius 2 is 2.10 bits per heavy atom. The Kier molecular flexibility index (Phi) is 5.24. The topological polar surface area (TPSA) is 102 Å². The van der Waals surface area contributed by atoms with E-state index in [1.54, 1.807) is 39.8 Å². The molecule has 29 heavy (non-hydrogen) atoms. The molecule has 0 aliphatic carbocycles. The van der Waals surface area contributed by atoms with Gasteiger partial charge in [0.05, 0.1) is 38.7 Å². The van der Waals surface area contributed by atoms with Crippen molar-refractivity contribution in [2.75, 3.05) is 39.2 Å². The van der Waals surface area contributed by atoms with Crippen molar-refractivity contribution in [2.45, 2.75) is 25.4 Å². The molecule has 0 spiro atoms. The van der Waals surface area contributed by atoms with E-state index in [0.717, 1.165) is 18.7 Å². The maximum atomic E-state index is 12.5. The normalized spacial score (nSPS) is 16.7. The van der Waals surface area contributed by atoms with Crippen LogP contribution < -0.4 is 14.8 Å². The number of amides is 3. The predicted molar refractivity (Wildman–Crippen MR) is 104 cm³/mol. The number of carbonyl (C=O) groups is 2. The second kappa shape index (κ2) is 7.98. The van der Waals surface area contributed by atoms with E-state index in [0.29, 0.717) is 43.2 Å². The van der Waals surface area contributed by atoms with Gasteiger partial charge in [-0.15, -0.1) is 5.10 Å². The van der Waals surface area contributed by atoms with Gasteiger partial charge >= 0.3 is 6.03 Å². The lowest BCUT2D eigenvalue weighted by Gasteiger charge is -2.38. The highest BCUT2D eigenvalue weighted by molar-refractivity contribution is 5.92. The molecule has 1 N–H and O–H groups in total. The number of likely N-dealkylation sites (tertiary alicyclic amines) is 2. The zero-order chi connectivity index (χ0) is 20.4. The van der Waals surface area contributed by atoms with Gasteiger partial charge < -0.3 is 24.6 Å². The summed E-state index contributed by atoms with van der Waals surface area (Å²) in [4.78, 5) is 27.8. The molecule has 2 fully saturated rings. The molecule has 1 aromatic heterocycles. The van der Waals surface area contributed by atoms with Crippen LogP contribution in [0.1, 0.15) is 24.6 Å². The van der Waals surface area contributed by atoms with E-state index < -0.39 is 0 Å². The third-order valence-electron chi connectivity index (χ3n) is 5.25. The molecule has 2 saturated heterocycles. The minimum Gasteiger partial charge on any atom is -0.493 e. The van der Waals surface area contributed by atoms with Crippen LogP contribution in [0.25, 0.3) is 0 Å². The number of benzene rings is 1. The smallest absolute Gasteiger partial charge is 0.322 e. The van der Waals surface area contributed by atoms with E-state index in [1.807, 2.05) is 6.20 Å². The summed E-state index contributed by atoms with van der Waals surface area (Å²) < 4.78 is 12.4. The first-order chi connectivity index (χ1) is 14.1. The molecular weight excluding hydrogens is 376 g/mol. The third-order valence-corrected chi connectivity index (χ3v) is 5.25. The molecule has 0 unspecified atom stereocenters. The molecule has 4 rings (SSSR count). The van der Waals surface area contributed by atoms with Crippen LogP contribution in [0.15, 0.2) is 24.4 Å². The summed E-state index contributed by atoms with van der Waals surface area (Å²) in [5.74, 6) is 1.20. The molecule has 0 atom stereocenters. The van der Waals surface area contributed by atoms with Gasteiger partial charge in [-0.25, -0.2) is 9.48 Å². The monoisotopic (exact) mass is 400 g/mol. The van der Waals surface area contributed by atoms with Crippen LogP contribution in [0.4, 0.5) is 10.5 Å². The van der Waals surface area contributed by atoms with Gasteiger partial charge in [0, 0.05) is 26.1 Å². The number of ether oxygens (including phenoxy) is 2. The average molecular weight is 400 g/mol. The van der Waals surface area contributed by atoms with Crippen molar-refractivity contribution in [3.8, 4) is 11.5 Å². The Bertz CT molecular complexity index is 908. The average Bonchev–Trinajstić information content (AvgIpc) is 3.30.